The van der Waals surface area contributed by atoms with Crippen molar-refractivity contribution in [3.8, 4) is 0 Å². The van der Waals surface area contributed by atoms with Gasteiger partial charge in [-0.15, -0.1) is 0 Å². The Bertz CT molecular complexity index is 149. The minimum atomic E-state index is 0.842. The normalized spacial score (nSPS) is 19.3. The van der Waals surface area contributed by atoms with Crippen LogP contribution in [0.3, 0.4) is 0 Å². The highest BCUT2D eigenvalue weighted by molar-refractivity contribution is 4.77. The van der Waals surface area contributed by atoms with Gasteiger partial charge < -0.3 is 4.90 Å². The van der Waals surface area contributed by atoms with Crippen molar-refractivity contribution in [3.63, 3.8) is 0 Å². The van der Waals surface area contributed by atoms with Crippen LogP contribution in [0.25, 0.3) is 0 Å². The molecule has 1 rings (SSSR count). The van der Waals surface area contributed by atoms with Crippen LogP contribution in [-0.2, 0) is 0 Å². The Morgan fingerprint density at radius 2 is 1.86 bits per heavy atom. The molecule has 84 valence electrons. The quantitative estimate of drug-likeness (QED) is 0.604. The standard InChI is InChI=1S/C13H27N/c1-5-14(10-13-6-7-13)9-8-12(4)11(2)3/h11-13H,5-10H2,1-4H3. The molecule has 0 aromatic carbocycles. The molecule has 1 fully saturated rings. The molecule has 0 N–H and O–H groups in total. The second kappa shape index (κ2) is 5.75. The van der Waals surface area contributed by atoms with Crippen LogP contribution in [0.15, 0.2) is 0 Å². The van der Waals surface area contributed by atoms with Crippen molar-refractivity contribution in [2.24, 2.45) is 17.8 Å². The Morgan fingerprint density at radius 3 is 2.29 bits per heavy atom. The van der Waals surface area contributed by atoms with Gasteiger partial charge in [0.15, 0.2) is 0 Å². The SMILES string of the molecule is CCN(CCC(C)C(C)C)CC1CC1. The number of nitrogens with zero attached hydrogens (tertiary/aromatic N) is 1. The van der Waals surface area contributed by atoms with Crippen molar-refractivity contribution in [2.45, 2.75) is 47.0 Å². The summed E-state index contributed by atoms with van der Waals surface area (Å²) in [7, 11) is 0. The smallest absolute Gasteiger partial charge is 0.000954 e. The van der Waals surface area contributed by atoms with Crippen LogP contribution in [0.1, 0.15) is 47.0 Å². The first-order valence-electron chi connectivity index (χ1n) is 6.35. The van der Waals surface area contributed by atoms with E-state index >= 15 is 0 Å². The summed E-state index contributed by atoms with van der Waals surface area (Å²) in [6.07, 6.45) is 4.34. The lowest BCUT2D eigenvalue weighted by molar-refractivity contribution is 0.241. The maximum atomic E-state index is 2.64. The predicted octanol–water partition coefficient (Wildman–Crippen LogP) is 3.40. The van der Waals surface area contributed by atoms with E-state index < -0.39 is 0 Å². The Morgan fingerprint density at radius 1 is 1.21 bits per heavy atom. The minimum absolute atomic E-state index is 0.842. The molecule has 14 heavy (non-hydrogen) atoms. The van der Waals surface area contributed by atoms with Gasteiger partial charge in [-0.25, -0.2) is 0 Å². The van der Waals surface area contributed by atoms with Gasteiger partial charge in [0.2, 0.25) is 0 Å². The fraction of sp³-hybridized carbons (Fsp3) is 1.00. The fourth-order valence-corrected chi connectivity index (χ4v) is 1.76. The lowest BCUT2D eigenvalue weighted by Gasteiger charge is -2.23. The number of rotatable bonds is 7. The third-order valence-electron chi connectivity index (χ3n) is 3.70. The molecule has 0 amide bonds. The van der Waals surface area contributed by atoms with Crippen molar-refractivity contribution in [1.82, 2.24) is 4.90 Å². The van der Waals surface area contributed by atoms with Crippen LogP contribution in [0.4, 0.5) is 0 Å². The summed E-state index contributed by atoms with van der Waals surface area (Å²) in [5.74, 6) is 2.77. The number of hydrogen-bond donors (Lipinski definition) is 0. The molecule has 1 atom stereocenters. The Balaban J connectivity index is 2.12. The van der Waals surface area contributed by atoms with Gasteiger partial charge in [0.05, 0.1) is 0 Å². The zero-order valence-electron chi connectivity index (χ0n) is 10.4. The van der Waals surface area contributed by atoms with Crippen molar-refractivity contribution >= 4 is 0 Å². The fourth-order valence-electron chi connectivity index (χ4n) is 1.76. The first-order valence-corrected chi connectivity index (χ1v) is 6.35. The zero-order chi connectivity index (χ0) is 10.6. The van der Waals surface area contributed by atoms with Gasteiger partial charge in [0, 0.05) is 6.54 Å². The summed E-state index contributed by atoms with van der Waals surface area (Å²) in [5, 5.41) is 0. The van der Waals surface area contributed by atoms with E-state index in [2.05, 4.69) is 32.6 Å². The second-order valence-corrected chi connectivity index (χ2v) is 5.35. The van der Waals surface area contributed by atoms with E-state index in [0.717, 1.165) is 17.8 Å². The molecule has 0 spiro atoms. The minimum Gasteiger partial charge on any atom is -0.303 e. The molecule has 1 heteroatoms. The Kier molecular flexibility index (Phi) is 4.94. The van der Waals surface area contributed by atoms with Crippen molar-refractivity contribution < 1.29 is 0 Å². The van der Waals surface area contributed by atoms with Gasteiger partial charge in [0.25, 0.3) is 0 Å². The van der Waals surface area contributed by atoms with Crippen LogP contribution in [0.5, 0.6) is 0 Å². The number of hydrogen-bond acceptors (Lipinski definition) is 1. The van der Waals surface area contributed by atoms with Gasteiger partial charge in [-0.1, -0.05) is 27.7 Å². The maximum Gasteiger partial charge on any atom is 0.000954 e. The highest BCUT2D eigenvalue weighted by Gasteiger charge is 2.23. The van der Waals surface area contributed by atoms with Crippen LogP contribution in [0, 0.1) is 17.8 Å². The molecule has 0 aromatic heterocycles. The molecular weight excluding hydrogens is 170 g/mol. The Labute approximate surface area is 89.9 Å². The molecule has 0 heterocycles. The van der Waals surface area contributed by atoms with E-state index in [4.69, 9.17) is 0 Å². The van der Waals surface area contributed by atoms with Crippen molar-refractivity contribution in [3.05, 3.63) is 0 Å². The van der Waals surface area contributed by atoms with Crippen molar-refractivity contribution in [1.29, 1.82) is 0 Å². The van der Waals surface area contributed by atoms with Crippen LogP contribution >= 0.6 is 0 Å². The molecule has 0 radical (unpaired) electrons. The molecule has 1 unspecified atom stereocenters. The maximum absolute atomic E-state index is 2.64. The van der Waals surface area contributed by atoms with Gasteiger partial charge in [-0.05, 0) is 50.1 Å². The zero-order valence-corrected chi connectivity index (χ0v) is 10.4. The summed E-state index contributed by atoms with van der Waals surface area (Å²) in [6.45, 7) is 13.3. The molecule has 1 saturated carbocycles. The lowest BCUT2D eigenvalue weighted by Crippen LogP contribution is -2.28. The highest BCUT2D eigenvalue weighted by Crippen LogP contribution is 2.29. The molecule has 0 aromatic rings. The van der Waals surface area contributed by atoms with E-state index in [1.54, 1.807) is 0 Å². The molecule has 0 aliphatic heterocycles. The third-order valence-corrected chi connectivity index (χ3v) is 3.70. The third kappa shape index (κ3) is 4.45. The van der Waals surface area contributed by atoms with Crippen LogP contribution < -0.4 is 0 Å². The summed E-state index contributed by atoms with van der Waals surface area (Å²) < 4.78 is 0. The first-order chi connectivity index (χ1) is 6.63. The van der Waals surface area contributed by atoms with Gasteiger partial charge >= 0.3 is 0 Å². The van der Waals surface area contributed by atoms with E-state index in [0.29, 0.717) is 0 Å². The molecule has 0 bridgehead atoms. The second-order valence-electron chi connectivity index (χ2n) is 5.35. The van der Waals surface area contributed by atoms with E-state index in [1.165, 1.54) is 38.9 Å². The van der Waals surface area contributed by atoms with E-state index in [1.807, 2.05) is 0 Å². The summed E-state index contributed by atoms with van der Waals surface area (Å²) in [5.41, 5.74) is 0. The summed E-state index contributed by atoms with van der Waals surface area (Å²) in [6, 6.07) is 0. The molecule has 1 aliphatic carbocycles. The molecule has 0 saturated heterocycles. The predicted molar refractivity (Wildman–Crippen MR) is 63.5 cm³/mol. The average Bonchev–Trinajstić information content (AvgIpc) is 2.95. The molecule has 1 aliphatic rings. The first kappa shape index (κ1) is 12.0. The van der Waals surface area contributed by atoms with Crippen molar-refractivity contribution in [2.75, 3.05) is 19.6 Å². The van der Waals surface area contributed by atoms with Crippen LogP contribution in [0.2, 0.25) is 0 Å². The van der Waals surface area contributed by atoms with E-state index in [-0.39, 0.29) is 0 Å². The average molecular weight is 197 g/mol. The highest BCUT2D eigenvalue weighted by atomic mass is 15.1. The van der Waals surface area contributed by atoms with Gasteiger partial charge in [-0.3, -0.25) is 0 Å². The summed E-state index contributed by atoms with van der Waals surface area (Å²) >= 11 is 0. The largest absolute Gasteiger partial charge is 0.303 e. The Hall–Kier alpha value is -0.0400. The lowest BCUT2D eigenvalue weighted by atomic mass is 9.94. The monoisotopic (exact) mass is 197 g/mol. The molecule has 1 nitrogen and oxygen atoms in total. The van der Waals surface area contributed by atoms with Gasteiger partial charge in [0.1, 0.15) is 0 Å². The van der Waals surface area contributed by atoms with Crippen LogP contribution in [-0.4, -0.2) is 24.5 Å². The topological polar surface area (TPSA) is 3.24 Å². The van der Waals surface area contributed by atoms with E-state index in [9.17, 15) is 0 Å². The summed E-state index contributed by atoms with van der Waals surface area (Å²) in [4.78, 5) is 2.64. The van der Waals surface area contributed by atoms with Gasteiger partial charge in [-0.2, -0.15) is 0 Å². The molecular formula is C13H27N.